The highest BCUT2D eigenvalue weighted by atomic mass is 35.5. The Kier molecular flexibility index (Phi) is 3.40. The molecule has 7 heteroatoms. The average Bonchev–Trinajstić information content (AvgIpc) is 2.59. The molecule has 1 N–H and O–H groups in total. The number of thiazole rings is 1. The van der Waals surface area contributed by atoms with Crippen LogP contribution in [-0.2, 0) is 9.84 Å². The molecule has 0 aliphatic carbocycles. The number of aromatic nitrogens is 1. The zero-order chi connectivity index (χ0) is 12.6. The first-order valence-electron chi connectivity index (χ1n) is 4.61. The van der Waals surface area contributed by atoms with E-state index in [0.717, 1.165) is 16.9 Å². The number of aryl methyl sites for hydroxylation is 1. The second kappa shape index (κ2) is 4.53. The molecule has 0 spiro atoms. The molecule has 2 aromatic rings. The molecule has 1 heterocycles. The first-order chi connectivity index (χ1) is 7.91. The zero-order valence-electron chi connectivity index (χ0n) is 8.73. The van der Waals surface area contributed by atoms with Gasteiger partial charge in [-0.3, -0.25) is 0 Å². The highest BCUT2D eigenvalue weighted by molar-refractivity contribution is 7.91. The highest BCUT2D eigenvalue weighted by Crippen LogP contribution is 2.30. The van der Waals surface area contributed by atoms with E-state index >= 15 is 0 Å². The number of benzene rings is 1. The third-order valence-electron chi connectivity index (χ3n) is 2.18. The minimum Gasteiger partial charge on any atom is -0.326 e. The summed E-state index contributed by atoms with van der Waals surface area (Å²) in [6.07, 6.45) is 0. The van der Waals surface area contributed by atoms with Crippen LogP contribution in [0.5, 0.6) is 0 Å². The van der Waals surface area contributed by atoms with E-state index in [4.69, 9.17) is 23.8 Å². The van der Waals surface area contributed by atoms with Gasteiger partial charge < -0.3 is 4.98 Å². The van der Waals surface area contributed by atoms with Crippen LogP contribution < -0.4 is 0 Å². The van der Waals surface area contributed by atoms with Crippen LogP contribution >= 0.6 is 35.2 Å². The molecule has 0 atom stereocenters. The van der Waals surface area contributed by atoms with Crippen LogP contribution in [0, 0.1) is 10.9 Å². The summed E-state index contributed by atoms with van der Waals surface area (Å²) in [5, 5.41) is -0.0296. The van der Waals surface area contributed by atoms with Crippen LogP contribution in [0.4, 0.5) is 0 Å². The molecule has 0 bridgehead atoms. The van der Waals surface area contributed by atoms with Crippen molar-refractivity contribution in [2.75, 3.05) is 0 Å². The summed E-state index contributed by atoms with van der Waals surface area (Å²) < 4.78 is 25.0. The normalized spacial score (nSPS) is 11.6. The smallest absolute Gasteiger partial charge is 0.224 e. The second-order valence-electron chi connectivity index (χ2n) is 3.43. The molecule has 0 radical (unpaired) electrons. The Morgan fingerprint density at radius 3 is 2.35 bits per heavy atom. The molecule has 2 rings (SSSR count). The Morgan fingerprint density at radius 2 is 1.88 bits per heavy atom. The van der Waals surface area contributed by atoms with Crippen molar-refractivity contribution >= 4 is 45.0 Å². The van der Waals surface area contributed by atoms with Gasteiger partial charge in [-0.05, 0) is 31.3 Å². The first-order valence-corrected chi connectivity index (χ1v) is 7.70. The van der Waals surface area contributed by atoms with Gasteiger partial charge in [0.15, 0.2) is 8.98 Å². The van der Waals surface area contributed by atoms with E-state index in [1.54, 1.807) is 24.3 Å². The molecule has 0 saturated heterocycles. The molecule has 0 unspecified atom stereocenters. The van der Waals surface area contributed by atoms with E-state index < -0.39 is 9.84 Å². The molecule has 1 aromatic carbocycles. The number of nitrogens with one attached hydrogen (secondary N) is 1. The van der Waals surface area contributed by atoms with Crippen molar-refractivity contribution < 1.29 is 8.42 Å². The minimum absolute atomic E-state index is 0.0296. The van der Waals surface area contributed by atoms with Gasteiger partial charge in [-0.2, -0.15) is 0 Å². The Morgan fingerprint density at radius 1 is 1.29 bits per heavy atom. The number of rotatable bonds is 2. The van der Waals surface area contributed by atoms with Crippen molar-refractivity contribution in [3.05, 3.63) is 38.1 Å². The van der Waals surface area contributed by atoms with Gasteiger partial charge in [0.2, 0.25) is 9.84 Å². The largest absolute Gasteiger partial charge is 0.326 e. The number of halogens is 1. The molecule has 0 saturated carbocycles. The summed E-state index contributed by atoms with van der Waals surface area (Å²) in [6.45, 7) is 1.89. The van der Waals surface area contributed by atoms with E-state index in [-0.39, 0.29) is 14.3 Å². The van der Waals surface area contributed by atoms with E-state index in [0.29, 0.717) is 3.95 Å². The van der Waals surface area contributed by atoms with Crippen molar-refractivity contribution in [2.24, 2.45) is 0 Å². The zero-order valence-corrected chi connectivity index (χ0v) is 11.9. The van der Waals surface area contributed by atoms with Gasteiger partial charge in [-0.1, -0.05) is 40.6 Å². The number of sulfone groups is 1. The minimum atomic E-state index is -3.61. The Balaban J connectivity index is 2.61. The van der Waals surface area contributed by atoms with E-state index in [2.05, 4.69) is 4.98 Å². The van der Waals surface area contributed by atoms with Crippen molar-refractivity contribution in [3.63, 3.8) is 0 Å². The van der Waals surface area contributed by atoms with E-state index in [1.807, 2.05) is 6.92 Å². The fourth-order valence-corrected chi connectivity index (χ4v) is 4.60. The average molecular weight is 306 g/mol. The van der Waals surface area contributed by atoms with Crippen molar-refractivity contribution in [3.8, 4) is 0 Å². The lowest BCUT2D eigenvalue weighted by Crippen LogP contribution is -2.02. The topological polar surface area (TPSA) is 49.9 Å². The lowest BCUT2D eigenvalue weighted by atomic mass is 10.2. The van der Waals surface area contributed by atoms with Crippen molar-refractivity contribution in [2.45, 2.75) is 16.8 Å². The van der Waals surface area contributed by atoms with Crippen LogP contribution in [-0.4, -0.2) is 13.4 Å². The Labute approximate surface area is 113 Å². The molecule has 0 amide bonds. The van der Waals surface area contributed by atoms with Gasteiger partial charge in [-0.25, -0.2) is 8.42 Å². The first kappa shape index (κ1) is 12.8. The van der Waals surface area contributed by atoms with Gasteiger partial charge in [0, 0.05) is 0 Å². The Hall–Kier alpha value is -0.690. The molecule has 3 nitrogen and oxygen atoms in total. The summed E-state index contributed by atoms with van der Waals surface area (Å²) in [5.74, 6) is 0. The predicted octanol–water partition coefficient (Wildman–Crippen LogP) is 3.60. The summed E-state index contributed by atoms with van der Waals surface area (Å²) in [5.41, 5.74) is 0.994. The van der Waals surface area contributed by atoms with Crippen LogP contribution in [0.25, 0.3) is 0 Å². The SMILES string of the molecule is Cc1ccc(S(=O)(=O)c2[nH]c(=S)sc2Cl)cc1. The van der Waals surface area contributed by atoms with E-state index in [1.165, 1.54) is 0 Å². The fraction of sp³-hybridized carbons (Fsp3) is 0.100. The van der Waals surface area contributed by atoms with Crippen LogP contribution in [0.15, 0.2) is 34.2 Å². The quantitative estimate of drug-likeness (QED) is 0.862. The maximum atomic E-state index is 12.2. The van der Waals surface area contributed by atoms with Gasteiger partial charge in [0.25, 0.3) is 0 Å². The number of H-pyrrole nitrogens is 1. The third kappa shape index (κ3) is 2.44. The molecule has 1 aromatic heterocycles. The summed E-state index contributed by atoms with van der Waals surface area (Å²) >= 11 is 11.8. The van der Waals surface area contributed by atoms with Gasteiger partial charge in [-0.15, -0.1) is 0 Å². The fourth-order valence-electron chi connectivity index (χ4n) is 1.30. The van der Waals surface area contributed by atoms with Crippen molar-refractivity contribution in [1.29, 1.82) is 0 Å². The molecule has 0 aliphatic rings. The maximum Gasteiger partial charge on any atom is 0.224 e. The Bertz CT molecular complexity index is 698. The lowest BCUT2D eigenvalue weighted by molar-refractivity contribution is 0.593. The monoisotopic (exact) mass is 305 g/mol. The van der Waals surface area contributed by atoms with Crippen molar-refractivity contribution in [1.82, 2.24) is 4.98 Å². The number of aromatic amines is 1. The van der Waals surface area contributed by atoms with Gasteiger partial charge in [0.05, 0.1) is 4.90 Å². The highest BCUT2D eigenvalue weighted by Gasteiger charge is 2.23. The second-order valence-corrected chi connectivity index (χ2v) is 7.61. The molecular weight excluding hydrogens is 298 g/mol. The molecule has 0 aliphatic heterocycles. The third-order valence-corrected chi connectivity index (χ3v) is 5.60. The molecule has 0 fully saturated rings. The van der Waals surface area contributed by atoms with Crippen LogP contribution in [0.3, 0.4) is 0 Å². The molecular formula is C10H8ClNO2S3. The van der Waals surface area contributed by atoms with Gasteiger partial charge >= 0.3 is 0 Å². The van der Waals surface area contributed by atoms with Crippen LogP contribution in [0.1, 0.15) is 5.56 Å². The summed E-state index contributed by atoms with van der Waals surface area (Å²) in [6, 6.07) is 6.58. The lowest BCUT2D eigenvalue weighted by Gasteiger charge is -2.02. The maximum absolute atomic E-state index is 12.2. The summed E-state index contributed by atoms with van der Waals surface area (Å²) in [4.78, 5) is 2.81. The van der Waals surface area contributed by atoms with E-state index in [9.17, 15) is 8.42 Å². The number of hydrogen-bond donors (Lipinski definition) is 1. The summed E-state index contributed by atoms with van der Waals surface area (Å²) in [7, 11) is -3.61. The standard InChI is InChI=1S/C10H8ClNO2S3/c1-6-2-4-7(5-3-6)17(13,14)9-8(11)16-10(15)12-9/h2-5H,1H3,(H,12,15). The molecule has 17 heavy (non-hydrogen) atoms. The van der Waals surface area contributed by atoms with Gasteiger partial charge in [0.1, 0.15) is 4.34 Å². The predicted molar refractivity (Wildman–Crippen MR) is 71.1 cm³/mol. The van der Waals surface area contributed by atoms with Crippen LogP contribution in [0.2, 0.25) is 4.34 Å². The number of hydrogen-bond acceptors (Lipinski definition) is 4. The molecule has 90 valence electrons.